The molecule has 8 heteroatoms. The van der Waals surface area contributed by atoms with Crippen LogP contribution in [0.5, 0.6) is 0 Å². The Labute approximate surface area is 135 Å². The zero-order valence-electron chi connectivity index (χ0n) is 12.7. The zero-order chi connectivity index (χ0) is 17.5. The maximum Gasteiger partial charge on any atom is 0.416 e. The van der Waals surface area contributed by atoms with Crippen LogP contribution >= 0.6 is 0 Å². The second-order valence-corrected chi connectivity index (χ2v) is 6.23. The molecule has 128 valence electrons. The van der Waals surface area contributed by atoms with E-state index in [4.69, 9.17) is 0 Å². The largest absolute Gasteiger partial charge is 0.416 e. The highest BCUT2D eigenvalue weighted by Gasteiger charge is 2.51. The fourth-order valence-corrected chi connectivity index (χ4v) is 3.33. The van der Waals surface area contributed by atoms with Gasteiger partial charge in [0.25, 0.3) is 0 Å². The molecule has 2 heterocycles. The van der Waals surface area contributed by atoms with Crippen molar-refractivity contribution in [2.75, 3.05) is 13.1 Å². The molecule has 3 amide bonds. The van der Waals surface area contributed by atoms with Crippen molar-refractivity contribution in [1.29, 1.82) is 0 Å². The normalized spacial score (nSPS) is 23.9. The lowest BCUT2D eigenvalue weighted by molar-refractivity contribution is -0.138. The molecule has 0 saturated carbocycles. The van der Waals surface area contributed by atoms with Crippen molar-refractivity contribution in [3.63, 3.8) is 0 Å². The minimum atomic E-state index is -4.53. The van der Waals surface area contributed by atoms with E-state index in [0.717, 1.165) is 6.07 Å². The number of likely N-dealkylation sites (tertiary alicyclic amines) is 1. The lowest BCUT2D eigenvalue weighted by Crippen LogP contribution is -2.37. The number of benzene rings is 1. The van der Waals surface area contributed by atoms with Gasteiger partial charge in [0.1, 0.15) is 0 Å². The summed E-state index contributed by atoms with van der Waals surface area (Å²) in [5.41, 5.74) is -1.85. The van der Waals surface area contributed by atoms with E-state index in [9.17, 15) is 27.6 Å². The van der Waals surface area contributed by atoms with Crippen LogP contribution in [0, 0.1) is 5.41 Å². The number of amides is 3. The first-order chi connectivity index (χ1) is 11.2. The predicted octanol–water partition coefficient (Wildman–Crippen LogP) is 1.51. The third-order valence-corrected chi connectivity index (χ3v) is 4.60. The Morgan fingerprint density at radius 3 is 2.58 bits per heavy atom. The van der Waals surface area contributed by atoms with Gasteiger partial charge in [0.05, 0.1) is 17.4 Å². The van der Waals surface area contributed by atoms with Gasteiger partial charge in [-0.25, -0.2) is 0 Å². The van der Waals surface area contributed by atoms with Crippen molar-refractivity contribution in [2.45, 2.75) is 25.4 Å². The summed E-state index contributed by atoms with van der Waals surface area (Å²) in [5.74, 6) is -1.26. The number of carbonyl (C=O) groups excluding carboxylic acids is 3. The molecule has 3 rings (SSSR count). The molecule has 2 aliphatic rings. The second-order valence-electron chi connectivity index (χ2n) is 6.23. The molecule has 1 aromatic rings. The van der Waals surface area contributed by atoms with Crippen molar-refractivity contribution in [3.8, 4) is 0 Å². The third-order valence-electron chi connectivity index (χ3n) is 4.60. The maximum atomic E-state index is 13.0. The molecule has 1 atom stereocenters. The number of halogens is 3. The Kier molecular flexibility index (Phi) is 3.85. The molecule has 2 saturated heterocycles. The van der Waals surface area contributed by atoms with Gasteiger partial charge in [-0.3, -0.25) is 19.7 Å². The van der Waals surface area contributed by atoms with Gasteiger partial charge in [-0.1, -0.05) is 18.2 Å². The van der Waals surface area contributed by atoms with Gasteiger partial charge in [0.15, 0.2) is 0 Å². The number of nitrogens with zero attached hydrogens (tertiary/aromatic N) is 1. The molecule has 1 spiro atoms. The number of hydrogen-bond acceptors (Lipinski definition) is 3. The molecule has 0 bridgehead atoms. The van der Waals surface area contributed by atoms with Crippen LogP contribution in [-0.4, -0.2) is 35.7 Å². The number of nitrogens with one attached hydrogen (secondary N) is 1. The van der Waals surface area contributed by atoms with Crippen LogP contribution in [0.4, 0.5) is 13.2 Å². The fourth-order valence-electron chi connectivity index (χ4n) is 3.33. The number of rotatable bonds is 2. The van der Waals surface area contributed by atoms with Crippen molar-refractivity contribution in [3.05, 3.63) is 35.4 Å². The standard InChI is InChI=1S/C16H15F3N2O3/c17-16(18,19)11-4-2-1-3-10(11)7-13(23)21-6-5-15(9-21)8-12(22)20-14(15)24/h1-4H,5-9H2,(H,20,22,24)/t15-/m1/s1. The van der Waals surface area contributed by atoms with E-state index in [-0.39, 0.29) is 37.4 Å². The summed E-state index contributed by atoms with van der Waals surface area (Å²) >= 11 is 0. The Morgan fingerprint density at radius 1 is 1.25 bits per heavy atom. The first-order valence-corrected chi connectivity index (χ1v) is 7.48. The monoisotopic (exact) mass is 340 g/mol. The van der Waals surface area contributed by atoms with Crippen LogP contribution in [0.1, 0.15) is 24.0 Å². The molecule has 0 radical (unpaired) electrons. The first-order valence-electron chi connectivity index (χ1n) is 7.48. The van der Waals surface area contributed by atoms with E-state index >= 15 is 0 Å². The van der Waals surface area contributed by atoms with Gasteiger partial charge in [-0.2, -0.15) is 13.2 Å². The van der Waals surface area contributed by atoms with Crippen LogP contribution in [0.15, 0.2) is 24.3 Å². The van der Waals surface area contributed by atoms with Gasteiger partial charge in [0.2, 0.25) is 17.7 Å². The van der Waals surface area contributed by atoms with E-state index in [1.165, 1.54) is 23.1 Å². The number of imide groups is 1. The highest BCUT2D eigenvalue weighted by atomic mass is 19.4. The van der Waals surface area contributed by atoms with Gasteiger partial charge < -0.3 is 4.90 Å². The second kappa shape index (κ2) is 5.61. The van der Waals surface area contributed by atoms with Crippen LogP contribution < -0.4 is 5.32 Å². The summed E-state index contributed by atoms with van der Waals surface area (Å²) < 4.78 is 39.0. The van der Waals surface area contributed by atoms with Crippen molar-refractivity contribution < 1.29 is 27.6 Å². The van der Waals surface area contributed by atoms with E-state index in [1.807, 2.05) is 0 Å². The number of carbonyl (C=O) groups is 3. The Bertz CT molecular complexity index is 717. The molecule has 2 aliphatic heterocycles. The molecule has 0 aliphatic carbocycles. The average molecular weight is 340 g/mol. The Balaban J connectivity index is 1.74. The van der Waals surface area contributed by atoms with Crippen LogP contribution in [0.25, 0.3) is 0 Å². The van der Waals surface area contributed by atoms with Crippen LogP contribution in [0.2, 0.25) is 0 Å². The molecule has 1 aromatic carbocycles. The lowest BCUT2D eigenvalue weighted by atomic mass is 9.85. The molecular weight excluding hydrogens is 325 g/mol. The minimum absolute atomic E-state index is 0.0226. The first kappa shape index (κ1) is 16.5. The SMILES string of the molecule is O=C1C[C@@]2(CCN(C(=O)Cc3ccccc3C(F)(F)F)C2)C(=O)N1. The van der Waals surface area contributed by atoms with E-state index < -0.39 is 29.0 Å². The van der Waals surface area contributed by atoms with Crippen LogP contribution in [0.3, 0.4) is 0 Å². The Hall–Kier alpha value is -2.38. The van der Waals surface area contributed by atoms with Gasteiger partial charge in [-0.15, -0.1) is 0 Å². The van der Waals surface area contributed by atoms with E-state index in [1.54, 1.807) is 0 Å². The molecular formula is C16H15F3N2O3. The van der Waals surface area contributed by atoms with Crippen molar-refractivity contribution >= 4 is 17.7 Å². The molecule has 0 aromatic heterocycles. The average Bonchev–Trinajstić information content (AvgIpc) is 3.03. The summed E-state index contributed by atoms with van der Waals surface area (Å²) in [6.07, 6.45) is -4.55. The summed E-state index contributed by atoms with van der Waals surface area (Å²) in [6.45, 7) is 0.325. The third kappa shape index (κ3) is 2.88. The summed E-state index contributed by atoms with van der Waals surface area (Å²) in [7, 11) is 0. The molecule has 2 fully saturated rings. The Morgan fingerprint density at radius 2 is 1.96 bits per heavy atom. The fraction of sp³-hybridized carbons (Fsp3) is 0.438. The lowest BCUT2D eigenvalue weighted by Gasteiger charge is -2.21. The van der Waals surface area contributed by atoms with Crippen LogP contribution in [-0.2, 0) is 27.0 Å². The van der Waals surface area contributed by atoms with Gasteiger partial charge in [0, 0.05) is 19.5 Å². The van der Waals surface area contributed by atoms with Gasteiger partial charge >= 0.3 is 6.18 Å². The molecule has 0 unspecified atom stereocenters. The molecule has 1 N–H and O–H groups in total. The van der Waals surface area contributed by atoms with Gasteiger partial charge in [-0.05, 0) is 18.1 Å². The zero-order valence-corrected chi connectivity index (χ0v) is 12.7. The summed E-state index contributed by atoms with van der Waals surface area (Å²) in [5, 5.41) is 2.22. The highest BCUT2D eigenvalue weighted by Crippen LogP contribution is 2.38. The highest BCUT2D eigenvalue weighted by molar-refractivity contribution is 6.06. The molecule has 24 heavy (non-hydrogen) atoms. The predicted molar refractivity (Wildman–Crippen MR) is 76.5 cm³/mol. The topological polar surface area (TPSA) is 66.5 Å². The summed E-state index contributed by atoms with van der Waals surface area (Å²) in [6, 6.07) is 4.94. The minimum Gasteiger partial charge on any atom is -0.341 e. The number of alkyl halides is 3. The van der Waals surface area contributed by atoms with Crippen molar-refractivity contribution in [2.24, 2.45) is 5.41 Å². The number of hydrogen-bond donors (Lipinski definition) is 1. The quantitative estimate of drug-likeness (QED) is 0.830. The van der Waals surface area contributed by atoms with E-state index in [0.29, 0.717) is 6.42 Å². The van der Waals surface area contributed by atoms with Crippen molar-refractivity contribution in [1.82, 2.24) is 10.2 Å². The molecule has 5 nitrogen and oxygen atoms in total. The maximum absolute atomic E-state index is 13.0. The smallest absolute Gasteiger partial charge is 0.341 e. The van der Waals surface area contributed by atoms with E-state index in [2.05, 4.69) is 5.32 Å². The summed E-state index contributed by atoms with van der Waals surface area (Å²) in [4.78, 5) is 37.0.